The van der Waals surface area contributed by atoms with E-state index in [1.165, 1.54) is 0 Å². The Balaban J connectivity index is 1.99. The zero-order chi connectivity index (χ0) is 22.5. The van der Waals surface area contributed by atoms with Gasteiger partial charge < -0.3 is 28.6 Å². The minimum Gasteiger partial charge on any atom is -0.493 e. The average Bonchev–Trinajstić information content (AvgIpc) is 2.80. The van der Waals surface area contributed by atoms with Crippen molar-refractivity contribution in [2.75, 3.05) is 39.9 Å². The van der Waals surface area contributed by atoms with E-state index in [-0.39, 0.29) is 16.8 Å². The molecule has 168 valence electrons. The monoisotopic (exact) mass is 493 g/mol. The molecule has 1 aliphatic rings. The highest BCUT2D eigenvalue weighted by atomic mass is 79.9. The molecule has 0 saturated carbocycles. The molecule has 1 fully saturated rings. The van der Waals surface area contributed by atoms with Crippen LogP contribution in [0.1, 0.15) is 31.4 Å². The third-order valence-electron chi connectivity index (χ3n) is 5.24. The number of hydrogen-bond acceptors (Lipinski definition) is 6. The number of carbonyl (C=O) groups is 1. The number of ether oxygens (including phenoxy) is 5. The summed E-state index contributed by atoms with van der Waals surface area (Å²) in [6.45, 7) is 2.72. The lowest BCUT2D eigenvalue weighted by molar-refractivity contribution is -0.123. The second-order valence-corrected chi connectivity index (χ2v) is 8.04. The first-order chi connectivity index (χ1) is 15.0. The summed E-state index contributed by atoms with van der Waals surface area (Å²) in [5, 5.41) is 0. The zero-order valence-electron chi connectivity index (χ0n) is 18.4. The lowest BCUT2D eigenvalue weighted by Crippen LogP contribution is -2.56. The predicted molar refractivity (Wildman–Crippen MR) is 122 cm³/mol. The maximum absolute atomic E-state index is 12.8. The van der Waals surface area contributed by atoms with Crippen LogP contribution in [-0.2, 0) is 4.79 Å². The highest BCUT2D eigenvalue weighted by molar-refractivity contribution is 9.10. The van der Waals surface area contributed by atoms with Crippen molar-refractivity contribution in [3.8, 4) is 28.7 Å². The van der Waals surface area contributed by atoms with Gasteiger partial charge in [-0.25, -0.2) is 0 Å². The van der Waals surface area contributed by atoms with Crippen LogP contribution < -0.4 is 28.6 Å². The SMILES string of the molecule is CCCCOc1cc([C@H]2[C@H](Br)C(=O)N2c2cc(OC)c(OC)c(OC)c2)ccc1OC. The van der Waals surface area contributed by atoms with Crippen LogP contribution >= 0.6 is 15.9 Å². The largest absolute Gasteiger partial charge is 0.493 e. The van der Waals surface area contributed by atoms with Crippen LogP contribution in [0, 0.1) is 0 Å². The van der Waals surface area contributed by atoms with Crippen LogP contribution in [0.5, 0.6) is 28.7 Å². The first-order valence-corrected chi connectivity index (χ1v) is 11.0. The topological polar surface area (TPSA) is 66.5 Å². The number of hydrogen-bond donors (Lipinski definition) is 0. The Morgan fingerprint density at radius 1 is 0.903 bits per heavy atom. The number of unbranched alkanes of at least 4 members (excludes halogenated alkanes) is 1. The summed E-state index contributed by atoms with van der Waals surface area (Å²) in [5.41, 5.74) is 1.59. The first-order valence-electron chi connectivity index (χ1n) is 10.1. The highest BCUT2D eigenvalue weighted by Gasteiger charge is 2.48. The van der Waals surface area contributed by atoms with Gasteiger partial charge >= 0.3 is 0 Å². The van der Waals surface area contributed by atoms with Crippen molar-refractivity contribution >= 4 is 27.5 Å². The van der Waals surface area contributed by atoms with Gasteiger partial charge in [-0.1, -0.05) is 35.3 Å². The number of amides is 1. The van der Waals surface area contributed by atoms with Crippen molar-refractivity contribution in [3.63, 3.8) is 0 Å². The van der Waals surface area contributed by atoms with Crippen LogP contribution in [-0.4, -0.2) is 45.8 Å². The smallest absolute Gasteiger partial charge is 0.243 e. The van der Waals surface area contributed by atoms with E-state index in [0.29, 0.717) is 41.0 Å². The molecule has 2 aromatic rings. The van der Waals surface area contributed by atoms with E-state index in [9.17, 15) is 4.79 Å². The van der Waals surface area contributed by atoms with Gasteiger partial charge in [0.05, 0.1) is 46.8 Å². The number of benzene rings is 2. The molecule has 0 N–H and O–H groups in total. The second-order valence-electron chi connectivity index (χ2n) is 7.05. The molecule has 1 aliphatic heterocycles. The number of carbonyl (C=O) groups excluding carboxylic acids is 1. The molecule has 0 bridgehead atoms. The molecule has 2 aromatic carbocycles. The molecule has 1 amide bonds. The van der Waals surface area contributed by atoms with E-state index in [0.717, 1.165) is 18.4 Å². The predicted octanol–water partition coefficient (Wildman–Crippen LogP) is 4.75. The summed E-state index contributed by atoms with van der Waals surface area (Å²) in [6, 6.07) is 9.06. The summed E-state index contributed by atoms with van der Waals surface area (Å²) >= 11 is 3.54. The number of alkyl halides is 1. The van der Waals surface area contributed by atoms with Gasteiger partial charge in [-0.15, -0.1) is 0 Å². The Labute approximate surface area is 191 Å². The van der Waals surface area contributed by atoms with E-state index in [1.54, 1.807) is 45.5 Å². The standard InChI is InChI=1S/C23H28BrNO6/c1-6-7-10-31-17-11-14(8-9-16(17)27-2)21-20(24)23(26)25(21)15-12-18(28-3)22(30-5)19(13-15)29-4/h8-9,11-13,20-21H,6-7,10H2,1-5H3/t20-,21-/m0/s1. The quantitative estimate of drug-likeness (QED) is 0.270. The van der Waals surface area contributed by atoms with Crippen LogP contribution in [0.4, 0.5) is 5.69 Å². The van der Waals surface area contributed by atoms with Crippen molar-refractivity contribution in [1.82, 2.24) is 0 Å². The lowest BCUT2D eigenvalue weighted by atomic mass is 9.92. The number of β-lactam (4-membered cyclic amide) rings is 1. The molecule has 0 unspecified atom stereocenters. The van der Waals surface area contributed by atoms with E-state index in [1.807, 2.05) is 18.2 Å². The third kappa shape index (κ3) is 4.39. The summed E-state index contributed by atoms with van der Waals surface area (Å²) in [6.07, 6.45) is 1.99. The molecular formula is C23H28BrNO6. The lowest BCUT2D eigenvalue weighted by Gasteiger charge is -2.45. The van der Waals surface area contributed by atoms with Gasteiger partial charge in [-0.3, -0.25) is 4.79 Å². The number of halogens is 1. The fourth-order valence-corrected chi connectivity index (χ4v) is 4.34. The minimum atomic E-state index is -0.358. The summed E-state index contributed by atoms with van der Waals surface area (Å²) in [7, 11) is 6.26. The molecule has 0 aliphatic carbocycles. The Hall–Kier alpha value is -2.61. The first kappa shape index (κ1) is 23.1. The van der Waals surface area contributed by atoms with Crippen molar-refractivity contribution in [2.45, 2.75) is 30.6 Å². The minimum absolute atomic E-state index is 0.0523. The average molecular weight is 494 g/mol. The van der Waals surface area contributed by atoms with Gasteiger partial charge in [-0.05, 0) is 24.1 Å². The summed E-state index contributed by atoms with van der Waals surface area (Å²) in [5.74, 6) is 2.72. The van der Waals surface area contributed by atoms with Crippen LogP contribution in [0.3, 0.4) is 0 Å². The van der Waals surface area contributed by atoms with E-state index in [4.69, 9.17) is 23.7 Å². The number of anilines is 1. The fourth-order valence-electron chi connectivity index (χ4n) is 3.58. The molecule has 31 heavy (non-hydrogen) atoms. The molecule has 1 heterocycles. The van der Waals surface area contributed by atoms with Crippen molar-refractivity contribution in [1.29, 1.82) is 0 Å². The van der Waals surface area contributed by atoms with Crippen LogP contribution in [0.15, 0.2) is 30.3 Å². The molecule has 3 rings (SSSR count). The van der Waals surface area contributed by atoms with Crippen LogP contribution in [0.25, 0.3) is 0 Å². The molecule has 0 aromatic heterocycles. The zero-order valence-corrected chi connectivity index (χ0v) is 20.0. The van der Waals surface area contributed by atoms with Gasteiger partial charge in [0.25, 0.3) is 0 Å². The fraction of sp³-hybridized carbons (Fsp3) is 0.435. The van der Waals surface area contributed by atoms with Gasteiger partial charge in [0.2, 0.25) is 11.7 Å². The Morgan fingerprint density at radius 2 is 1.55 bits per heavy atom. The maximum Gasteiger partial charge on any atom is 0.243 e. The Morgan fingerprint density at radius 3 is 2.10 bits per heavy atom. The van der Waals surface area contributed by atoms with Crippen LogP contribution in [0.2, 0.25) is 0 Å². The molecule has 0 radical (unpaired) electrons. The Kier molecular flexibility index (Phi) is 7.54. The highest BCUT2D eigenvalue weighted by Crippen LogP contribution is 2.49. The maximum atomic E-state index is 12.8. The van der Waals surface area contributed by atoms with E-state index in [2.05, 4.69) is 22.9 Å². The molecule has 1 saturated heterocycles. The summed E-state index contributed by atoms with van der Waals surface area (Å²) < 4.78 is 27.7. The number of nitrogens with zero attached hydrogens (tertiary/aromatic N) is 1. The summed E-state index contributed by atoms with van der Waals surface area (Å²) in [4.78, 5) is 14.2. The van der Waals surface area contributed by atoms with Crippen molar-refractivity contribution in [3.05, 3.63) is 35.9 Å². The van der Waals surface area contributed by atoms with E-state index < -0.39 is 0 Å². The molecule has 2 atom stereocenters. The normalized spacial score (nSPS) is 17.7. The van der Waals surface area contributed by atoms with Crippen molar-refractivity contribution < 1.29 is 28.5 Å². The number of rotatable bonds is 10. The van der Waals surface area contributed by atoms with Gasteiger partial charge in [-0.2, -0.15) is 0 Å². The van der Waals surface area contributed by atoms with Gasteiger partial charge in [0.15, 0.2) is 23.0 Å². The molecular weight excluding hydrogens is 466 g/mol. The molecule has 7 nitrogen and oxygen atoms in total. The second kappa shape index (κ2) is 10.1. The van der Waals surface area contributed by atoms with Crippen molar-refractivity contribution in [2.24, 2.45) is 0 Å². The number of methoxy groups -OCH3 is 4. The van der Waals surface area contributed by atoms with Gasteiger partial charge in [0, 0.05) is 12.1 Å². The molecule has 8 heteroatoms. The van der Waals surface area contributed by atoms with Gasteiger partial charge in [0.1, 0.15) is 4.83 Å². The Bertz CT molecular complexity index is 909. The molecule has 0 spiro atoms. The van der Waals surface area contributed by atoms with E-state index >= 15 is 0 Å². The third-order valence-corrected chi connectivity index (χ3v) is 6.13.